The van der Waals surface area contributed by atoms with Gasteiger partial charge in [0, 0.05) is 5.22 Å². The second kappa shape index (κ2) is 2.17. The number of fused-ring (bicyclic) bond motifs is 3. The van der Waals surface area contributed by atoms with Gasteiger partial charge >= 0.3 is 0 Å². The zero-order valence-corrected chi connectivity index (χ0v) is 7.01. The van der Waals surface area contributed by atoms with Crippen LogP contribution in [0, 0.1) is 0 Å². The first kappa shape index (κ1) is 6.37. The highest BCUT2D eigenvalue weighted by molar-refractivity contribution is 7.99. The fraction of sp³-hybridized carbons (Fsp3) is 0.125. The minimum Gasteiger partial charge on any atom is -0.273 e. The molecule has 0 atom stereocenters. The average molecular weight is 175 g/mol. The fourth-order valence-electron chi connectivity index (χ4n) is 1.37. The van der Waals surface area contributed by atoms with Gasteiger partial charge in [-0.25, -0.2) is 0 Å². The Kier molecular flexibility index (Phi) is 1.15. The van der Waals surface area contributed by atoms with E-state index in [1.165, 1.54) is 4.90 Å². The standard InChI is InChI=1S/C8H5N3S/c1-2-6-8(12-4-9-6)7-5(1)3-10-11-7/h1-3H,4H2. The third-order valence-corrected chi connectivity index (χ3v) is 2.89. The van der Waals surface area contributed by atoms with Gasteiger partial charge in [0.05, 0.1) is 22.3 Å². The number of benzene rings is 1. The number of rotatable bonds is 0. The molecule has 3 nitrogen and oxygen atoms in total. The molecule has 4 heteroatoms. The molecule has 0 radical (unpaired) electrons. The van der Waals surface area contributed by atoms with Crippen molar-refractivity contribution in [3.63, 3.8) is 0 Å². The molecule has 0 fully saturated rings. The minimum atomic E-state index is 0.821. The molecular formula is C8H5N3S. The van der Waals surface area contributed by atoms with Crippen LogP contribution in [-0.4, -0.2) is 5.88 Å². The van der Waals surface area contributed by atoms with Gasteiger partial charge in [0.1, 0.15) is 5.69 Å². The normalized spacial score (nSPS) is 16.7. The summed E-state index contributed by atoms with van der Waals surface area (Å²) in [5, 5.41) is 10.1. The van der Waals surface area contributed by atoms with Crippen molar-refractivity contribution in [1.82, 2.24) is 0 Å². The van der Waals surface area contributed by atoms with Crippen molar-refractivity contribution in [2.75, 3.05) is 5.88 Å². The Morgan fingerprint density at radius 1 is 1.33 bits per heavy atom. The summed E-state index contributed by atoms with van der Waals surface area (Å²) >= 11 is 1.73. The van der Waals surface area contributed by atoms with Gasteiger partial charge in [0.2, 0.25) is 0 Å². The monoisotopic (exact) mass is 175 g/mol. The molecule has 2 heterocycles. The molecule has 0 saturated carbocycles. The highest BCUT2D eigenvalue weighted by Gasteiger charge is 2.13. The Morgan fingerprint density at radius 2 is 2.33 bits per heavy atom. The van der Waals surface area contributed by atoms with E-state index < -0.39 is 0 Å². The zero-order chi connectivity index (χ0) is 7.97. The van der Waals surface area contributed by atoms with Gasteiger partial charge in [0.25, 0.3) is 0 Å². The average Bonchev–Trinajstić information content (AvgIpc) is 2.71. The van der Waals surface area contributed by atoms with E-state index in [0.717, 1.165) is 22.1 Å². The third kappa shape index (κ3) is 0.701. The van der Waals surface area contributed by atoms with Crippen LogP contribution in [0.1, 0.15) is 0 Å². The van der Waals surface area contributed by atoms with Gasteiger partial charge < -0.3 is 0 Å². The summed E-state index contributed by atoms with van der Waals surface area (Å²) in [6.07, 6.45) is 1.79. The van der Waals surface area contributed by atoms with Crippen LogP contribution in [0.3, 0.4) is 0 Å². The molecule has 1 aromatic carbocycles. The summed E-state index contributed by atoms with van der Waals surface area (Å²) in [7, 11) is 0. The second-order valence-electron chi connectivity index (χ2n) is 2.63. The maximum atomic E-state index is 4.32. The molecule has 0 aromatic heterocycles. The molecule has 0 bridgehead atoms. The van der Waals surface area contributed by atoms with Crippen LogP contribution in [0.2, 0.25) is 0 Å². The van der Waals surface area contributed by atoms with E-state index in [0.29, 0.717) is 0 Å². The Bertz CT molecular complexity index is 490. The lowest BCUT2D eigenvalue weighted by Crippen LogP contribution is -2.08. The van der Waals surface area contributed by atoms with Gasteiger partial charge in [-0.2, -0.15) is 5.11 Å². The van der Waals surface area contributed by atoms with E-state index in [2.05, 4.69) is 15.2 Å². The smallest absolute Gasteiger partial charge is 0.110 e. The largest absolute Gasteiger partial charge is 0.273 e. The molecule has 0 amide bonds. The first-order valence-electron chi connectivity index (χ1n) is 3.66. The van der Waals surface area contributed by atoms with Crippen LogP contribution in [-0.2, 0) is 0 Å². The predicted octanol–water partition coefficient (Wildman–Crippen LogP) is 1.20. The van der Waals surface area contributed by atoms with Gasteiger partial charge in [-0.15, -0.1) is 5.11 Å². The molecular weight excluding hydrogens is 170 g/mol. The van der Waals surface area contributed by atoms with E-state index in [1.54, 1.807) is 18.0 Å². The first-order chi connectivity index (χ1) is 5.95. The third-order valence-electron chi connectivity index (χ3n) is 1.94. The molecule has 1 aromatic rings. The SMILES string of the molecule is C1=c2ccc3c(c2N=N1)SCN=3. The number of thioether (sulfide) groups is 1. The summed E-state index contributed by atoms with van der Waals surface area (Å²) in [5.41, 5.74) is 0.999. The first-order valence-corrected chi connectivity index (χ1v) is 4.65. The quantitative estimate of drug-likeness (QED) is 0.583. The van der Waals surface area contributed by atoms with Crippen molar-refractivity contribution >= 4 is 23.6 Å². The van der Waals surface area contributed by atoms with Crippen molar-refractivity contribution in [3.05, 3.63) is 22.7 Å². The molecule has 12 heavy (non-hydrogen) atoms. The van der Waals surface area contributed by atoms with E-state index in [4.69, 9.17) is 0 Å². The van der Waals surface area contributed by atoms with E-state index in [-0.39, 0.29) is 0 Å². The highest BCUT2D eigenvalue weighted by atomic mass is 32.2. The number of hydrogen-bond donors (Lipinski definition) is 0. The summed E-state index contributed by atoms with van der Waals surface area (Å²) in [6.45, 7) is 0. The van der Waals surface area contributed by atoms with Crippen LogP contribution >= 0.6 is 11.8 Å². The van der Waals surface area contributed by atoms with Crippen LogP contribution in [0.15, 0.2) is 32.2 Å². The maximum absolute atomic E-state index is 4.32. The lowest BCUT2D eigenvalue weighted by Gasteiger charge is -1.94. The van der Waals surface area contributed by atoms with Gasteiger partial charge in [-0.05, 0) is 12.1 Å². The summed E-state index contributed by atoms with van der Waals surface area (Å²) in [4.78, 5) is 5.51. The molecule has 0 unspecified atom stereocenters. The van der Waals surface area contributed by atoms with Crippen molar-refractivity contribution in [2.45, 2.75) is 4.90 Å². The molecule has 0 saturated heterocycles. The molecule has 0 N–H and O–H groups in total. The Morgan fingerprint density at radius 3 is 3.33 bits per heavy atom. The lowest BCUT2D eigenvalue weighted by atomic mass is 10.2. The highest BCUT2D eigenvalue weighted by Crippen LogP contribution is 2.27. The van der Waals surface area contributed by atoms with Gasteiger partial charge in [0.15, 0.2) is 0 Å². The minimum absolute atomic E-state index is 0.821. The number of nitrogens with zero attached hydrogens (tertiary/aromatic N) is 3. The van der Waals surface area contributed by atoms with Crippen molar-refractivity contribution in [1.29, 1.82) is 0 Å². The van der Waals surface area contributed by atoms with Crippen LogP contribution < -0.4 is 10.6 Å². The van der Waals surface area contributed by atoms with Crippen LogP contribution in [0.25, 0.3) is 6.20 Å². The van der Waals surface area contributed by atoms with Crippen LogP contribution in [0.4, 0.5) is 5.69 Å². The summed E-state index contributed by atoms with van der Waals surface area (Å²) in [6, 6.07) is 4.05. The van der Waals surface area contributed by atoms with E-state index in [1.807, 2.05) is 12.1 Å². The van der Waals surface area contributed by atoms with Gasteiger partial charge in [-0.3, -0.25) is 4.99 Å². The number of azo groups is 1. The molecule has 3 rings (SSSR count). The Labute approximate surface area is 72.9 Å². The molecule has 0 spiro atoms. The fourth-order valence-corrected chi connectivity index (χ4v) is 2.27. The Balaban J connectivity index is 2.50. The Hall–Kier alpha value is -1.16. The zero-order valence-electron chi connectivity index (χ0n) is 6.19. The molecule has 2 aliphatic heterocycles. The number of hydrogen-bond acceptors (Lipinski definition) is 4. The molecule has 2 aliphatic rings. The summed E-state index contributed by atoms with van der Waals surface area (Å²) < 4.78 is 0. The maximum Gasteiger partial charge on any atom is 0.110 e. The predicted molar refractivity (Wildman–Crippen MR) is 46.9 cm³/mol. The lowest BCUT2D eigenvalue weighted by molar-refractivity contribution is 1.18. The molecule has 0 aliphatic carbocycles. The van der Waals surface area contributed by atoms with Crippen LogP contribution in [0.5, 0.6) is 0 Å². The van der Waals surface area contributed by atoms with Crippen molar-refractivity contribution < 1.29 is 0 Å². The van der Waals surface area contributed by atoms with Gasteiger partial charge in [-0.1, -0.05) is 11.8 Å². The molecule has 58 valence electrons. The van der Waals surface area contributed by atoms with Crippen molar-refractivity contribution in [2.24, 2.45) is 15.2 Å². The van der Waals surface area contributed by atoms with Crippen molar-refractivity contribution in [3.8, 4) is 0 Å². The van der Waals surface area contributed by atoms with E-state index in [9.17, 15) is 0 Å². The van der Waals surface area contributed by atoms with E-state index >= 15 is 0 Å². The summed E-state index contributed by atoms with van der Waals surface area (Å²) in [5.74, 6) is 0.821. The topological polar surface area (TPSA) is 37.1 Å². The second-order valence-corrected chi connectivity index (χ2v) is 3.58.